The van der Waals surface area contributed by atoms with Gasteiger partial charge in [0, 0.05) is 29.3 Å². The Bertz CT molecular complexity index is 1090. The fourth-order valence-electron chi connectivity index (χ4n) is 3.92. The molecule has 9 heteroatoms. The van der Waals surface area contributed by atoms with Crippen LogP contribution in [0, 0.1) is 12.8 Å². The zero-order valence-corrected chi connectivity index (χ0v) is 16.2. The molecule has 0 aromatic carbocycles. The number of rotatable bonds is 5. The van der Waals surface area contributed by atoms with E-state index in [1.165, 1.54) is 0 Å². The number of hydrogen-bond donors (Lipinski definition) is 5. The zero-order chi connectivity index (χ0) is 20.7. The van der Waals surface area contributed by atoms with Crippen LogP contribution in [0.5, 0.6) is 0 Å². The molecule has 3 aromatic heterocycles. The number of fused-ring (bicyclic) bond motifs is 1. The molecule has 3 heterocycles. The fraction of sp³-hybridized carbons (Fsp3) is 0.450. The van der Waals surface area contributed by atoms with Gasteiger partial charge in [0.25, 0.3) is 0 Å². The van der Waals surface area contributed by atoms with Gasteiger partial charge in [0.1, 0.15) is 17.7 Å². The first-order chi connectivity index (χ1) is 13.9. The van der Waals surface area contributed by atoms with Gasteiger partial charge in [0.2, 0.25) is 0 Å². The molecule has 5 N–H and O–H groups in total. The summed E-state index contributed by atoms with van der Waals surface area (Å²) in [5, 5.41) is 33.8. The quantitative estimate of drug-likeness (QED) is 0.426. The van der Waals surface area contributed by atoms with E-state index in [9.17, 15) is 20.1 Å². The second kappa shape index (κ2) is 7.58. The van der Waals surface area contributed by atoms with Crippen molar-refractivity contribution in [2.45, 2.75) is 44.9 Å². The molecule has 9 nitrogen and oxygen atoms in total. The van der Waals surface area contributed by atoms with Gasteiger partial charge < -0.3 is 30.0 Å². The normalized spacial score (nSPS) is 24.3. The molecule has 29 heavy (non-hydrogen) atoms. The molecule has 0 unspecified atom stereocenters. The first-order valence-electron chi connectivity index (χ1n) is 9.64. The third-order valence-electron chi connectivity index (χ3n) is 5.55. The summed E-state index contributed by atoms with van der Waals surface area (Å²) in [6.45, 7) is 3.53. The number of aromatic nitrogens is 3. The largest absolute Gasteiger partial charge is 0.454 e. The molecule has 1 fully saturated rings. The lowest BCUT2D eigenvalue weighted by Gasteiger charge is -2.20. The van der Waals surface area contributed by atoms with Crippen LogP contribution in [0.2, 0.25) is 0 Å². The van der Waals surface area contributed by atoms with Gasteiger partial charge >= 0.3 is 5.69 Å². The first kappa shape index (κ1) is 19.6. The predicted molar refractivity (Wildman–Crippen MR) is 107 cm³/mol. The molecule has 0 spiro atoms. The molecule has 1 saturated carbocycles. The molecule has 1 aliphatic rings. The molecular weight excluding hydrogens is 376 g/mol. The van der Waals surface area contributed by atoms with Crippen LogP contribution in [0.1, 0.15) is 24.7 Å². The van der Waals surface area contributed by atoms with E-state index in [1.54, 1.807) is 13.1 Å². The highest BCUT2D eigenvalue weighted by Gasteiger charge is 2.41. The average molecular weight is 400 g/mol. The average Bonchev–Trinajstić information content (AvgIpc) is 3.22. The summed E-state index contributed by atoms with van der Waals surface area (Å²) < 4.78 is 5.95. The van der Waals surface area contributed by atoms with E-state index in [4.69, 9.17) is 4.42 Å². The van der Waals surface area contributed by atoms with Crippen molar-refractivity contribution in [3.8, 4) is 11.3 Å². The molecule has 1 aliphatic carbocycles. The lowest BCUT2D eigenvalue weighted by Crippen LogP contribution is -2.36. The van der Waals surface area contributed by atoms with Crippen molar-refractivity contribution in [3.63, 3.8) is 0 Å². The number of H-pyrrole nitrogens is 1. The summed E-state index contributed by atoms with van der Waals surface area (Å²) in [7, 11) is 0. The first-order valence-corrected chi connectivity index (χ1v) is 9.64. The van der Waals surface area contributed by atoms with Crippen molar-refractivity contribution in [2.24, 2.45) is 5.92 Å². The van der Waals surface area contributed by atoms with Crippen LogP contribution in [-0.2, 0) is 6.42 Å². The summed E-state index contributed by atoms with van der Waals surface area (Å²) in [4.78, 5) is 23.0. The SMILES string of the molecule is CCc1cc2cc(-c3c(N[C@@H]4C[C@H](CO)[C@@H](O)[C@H]4O)nc(=O)[nH]c3C)oc2cn1. The third-order valence-corrected chi connectivity index (χ3v) is 5.55. The van der Waals surface area contributed by atoms with Gasteiger partial charge in [-0.3, -0.25) is 4.98 Å². The number of aliphatic hydroxyl groups excluding tert-OH is 3. The van der Waals surface area contributed by atoms with Crippen LogP contribution in [-0.4, -0.2) is 55.1 Å². The second-order valence-corrected chi connectivity index (χ2v) is 7.48. The van der Waals surface area contributed by atoms with Crippen LogP contribution in [0.15, 0.2) is 27.5 Å². The van der Waals surface area contributed by atoms with Crippen molar-refractivity contribution in [3.05, 3.63) is 40.2 Å². The number of aryl methyl sites for hydroxylation is 2. The van der Waals surface area contributed by atoms with E-state index >= 15 is 0 Å². The van der Waals surface area contributed by atoms with E-state index in [0.29, 0.717) is 29.0 Å². The van der Waals surface area contributed by atoms with Gasteiger partial charge in [0.15, 0.2) is 5.58 Å². The van der Waals surface area contributed by atoms with Crippen LogP contribution < -0.4 is 11.0 Å². The number of aromatic amines is 1. The van der Waals surface area contributed by atoms with Gasteiger partial charge in [-0.15, -0.1) is 0 Å². The van der Waals surface area contributed by atoms with Crippen LogP contribution in [0.4, 0.5) is 5.82 Å². The molecule has 0 aliphatic heterocycles. The maximum Gasteiger partial charge on any atom is 0.347 e. The number of hydrogen-bond acceptors (Lipinski definition) is 8. The molecule has 0 bridgehead atoms. The Kier molecular flexibility index (Phi) is 5.12. The Morgan fingerprint density at radius 1 is 1.31 bits per heavy atom. The topological polar surface area (TPSA) is 144 Å². The molecule has 0 radical (unpaired) electrons. The van der Waals surface area contributed by atoms with Crippen molar-refractivity contribution >= 4 is 16.8 Å². The molecule has 0 saturated heterocycles. The fourth-order valence-corrected chi connectivity index (χ4v) is 3.92. The van der Waals surface area contributed by atoms with Crippen LogP contribution in [0.3, 0.4) is 0 Å². The molecular formula is C20H24N4O5. The minimum Gasteiger partial charge on any atom is -0.454 e. The van der Waals surface area contributed by atoms with E-state index in [-0.39, 0.29) is 12.4 Å². The standard InChI is InChI=1S/C20H24N4O5/c1-3-12-4-10-6-14(29-15(10)7-21-12)16-9(2)22-20(28)24-19(16)23-13-5-11(8-25)17(26)18(13)27/h4,6-7,11,13,17-18,25-27H,3,5,8H2,1-2H3,(H2,22,23,24,28)/t11-,13-,17-,18+/m1/s1. The zero-order valence-electron chi connectivity index (χ0n) is 16.2. The van der Waals surface area contributed by atoms with Gasteiger partial charge in [0.05, 0.1) is 23.9 Å². The predicted octanol–water partition coefficient (Wildman–Crippen LogP) is 0.963. The molecule has 4 rings (SSSR count). The number of pyridine rings is 1. The van der Waals surface area contributed by atoms with Gasteiger partial charge in [-0.2, -0.15) is 4.98 Å². The Morgan fingerprint density at radius 2 is 2.10 bits per heavy atom. The minimum absolute atomic E-state index is 0.235. The highest BCUT2D eigenvalue weighted by atomic mass is 16.3. The van der Waals surface area contributed by atoms with E-state index in [0.717, 1.165) is 17.5 Å². The summed E-state index contributed by atoms with van der Waals surface area (Å²) in [6, 6.07) is 3.25. The molecule has 4 atom stereocenters. The summed E-state index contributed by atoms with van der Waals surface area (Å²) in [6.07, 6.45) is 0.677. The highest BCUT2D eigenvalue weighted by Crippen LogP contribution is 2.35. The molecule has 0 amide bonds. The second-order valence-electron chi connectivity index (χ2n) is 7.48. The Labute approximate surface area is 166 Å². The van der Waals surface area contributed by atoms with Crippen molar-refractivity contribution in [1.29, 1.82) is 0 Å². The number of aliphatic hydroxyl groups is 3. The monoisotopic (exact) mass is 400 g/mol. The Morgan fingerprint density at radius 3 is 2.79 bits per heavy atom. The van der Waals surface area contributed by atoms with Crippen LogP contribution in [0.25, 0.3) is 22.3 Å². The summed E-state index contributed by atoms with van der Waals surface area (Å²) >= 11 is 0. The lowest BCUT2D eigenvalue weighted by atomic mass is 10.1. The van der Waals surface area contributed by atoms with E-state index in [1.807, 2.05) is 19.1 Å². The number of anilines is 1. The third kappa shape index (κ3) is 3.52. The smallest absolute Gasteiger partial charge is 0.347 e. The van der Waals surface area contributed by atoms with Crippen molar-refractivity contribution < 1.29 is 19.7 Å². The minimum atomic E-state index is -1.09. The van der Waals surface area contributed by atoms with Gasteiger partial charge in [-0.25, -0.2) is 4.79 Å². The lowest BCUT2D eigenvalue weighted by molar-refractivity contribution is 0.00446. The summed E-state index contributed by atoms with van der Waals surface area (Å²) in [5.41, 5.74) is 2.14. The number of furan rings is 1. The van der Waals surface area contributed by atoms with Crippen LogP contribution >= 0.6 is 0 Å². The van der Waals surface area contributed by atoms with E-state index < -0.39 is 29.9 Å². The number of nitrogens with one attached hydrogen (secondary N) is 2. The van der Waals surface area contributed by atoms with Crippen molar-refractivity contribution in [1.82, 2.24) is 15.0 Å². The maximum atomic E-state index is 12.0. The van der Waals surface area contributed by atoms with Crippen molar-refractivity contribution in [2.75, 3.05) is 11.9 Å². The van der Waals surface area contributed by atoms with Gasteiger partial charge in [-0.05, 0) is 31.9 Å². The molecule has 3 aromatic rings. The Balaban J connectivity index is 1.76. The number of nitrogens with zero attached hydrogens (tertiary/aromatic N) is 2. The highest BCUT2D eigenvalue weighted by molar-refractivity contribution is 5.85. The maximum absolute atomic E-state index is 12.0. The summed E-state index contributed by atoms with van der Waals surface area (Å²) in [5.74, 6) is 0.313. The van der Waals surface area contributed by atoms with E-state index in [2.05, 4.69) is 20.3 Å². The molecule has 154 valence electrons. The Hall–Kier alpha value is -2.75. The van der Waals surface area contributed by atoms with Gasteiger partial charge in [-0.1, -0.05) is 6.92 Å².